The Balaban J connectivity index is 1.99. The maximum absolute atomic E-state index is 2.36. The van der Waals surface area contributed by atoms with Crippen LogP contribution in [0.2, 0.25) is 0 Å². The molecule has 1 heteroatoms. The number of rotatable bonds is 0. The Morgan fingerprint density at radius 2 is 1.26 bits per heavy atom. The first-order valence-electron chi connectivity index (χ1n) is 7.94. The summed E-state index contributed by atoms with van der Waals surface area (Å²) in [6, 6.07) is 20.6. The van der Waals surface area contributed by atoms with Gasteiger partial charge in [-0.05, 0) is 80.9 Å². The van der Waals surface area contributed by atoms with Gasteiger partial charge in [0.15, 0.2) is 0 Å². The van der Waals surface area contributed by atoms with E-state index in [1.165, 1.54) is 53.5 Å². The van der Waals surface area contributed by atoms with E-state index in [1.54, 1.807) is 0 Å². The summed E-state index contributed by atoms with van der Waals surface area (Å²) < 4.78 is 1.39. The molecule has 0 saturated heterocycles. The Morgan fingerprint density at radius 1 is 0.565 bits per heavy atom. The van der Waals surface area contributed by atoms with Crippen molar-refractivity contribution in [3.05, 3.63) is 71.1 Å². The Kier molecular flexibility index (Phi) is 2.60. The van der Waals surface area contributed by atoms with Gasteiger partial charge < -0.3 is 0 Å². The molecule has 4 aromatic carbocycles. The van der Waals surface area contributed by atoms with Gasteiger partial charge in [-0.1, -0.05) is 36.4 Å². The van der Waals surface area contributed by atoms with Crippen LogP contribution in [0.4, 0.5) is 0 Å². The SMILES string of the molecule is Cc1cc2cc3ccc4c(ccc5ccsc54)c3cc2cc1C. The lowest BCUT2D eigenvalue weighted by molar-refractivity contribution is 1.37. The second-order valence-electron chi connectivity index (χ2n) is 6.42. The second-order valence-corrected chi connectivity index (χ2v) is 7.34. The highest BCUT2D eigenvalue weighted by molar-refractivity contribution is 7.18. The highest BCUT2D eigenvalue weighted by Crippen LogP contribution is 2.35. The summed E-state index contributed by atoms with van der Waals surface area (Å²) >= 11 is 1.83. The summed E-state index contributed by atoms with van der Waals surface area (Å²) in [7, 11) is 0. The topological polar surface area (TPSA) is 0 Å². The van der Waals surface area contributed by atoms with E-state index in [0.717, 1.165) is 0 Å². The number of hydrogen-bond acceptors (Lipinski definition) is 1. The molecule has 0 bridgehead atoms. The quantitative estimate of drug-likeness (QED) is 0.214. The van der Waals surface area contributed by atoms with Crippen molar-refractivity contribution in [2.24, 2.45) is 0 Å². The zero-order valence-electron chi connectivity index (χ0n) is 13.2. The molecular weight excluding hydrogens is 296 g/mol. The normalized spacial score (nSPS) is 11.9. The lowest BCUT2D eigenvalue weighted by Gasteiger charge is -2.09. The van der Waals surface area contributed by atoms with Crippen LogP contribution in [0.15, 0.2) is 60.0 Å². The molecule has 0 aliphatic carbocycles. The van der Waals surface area contributed by atoms with Crippen LogP contribution < -0.4 is 0 Å². The van der Waals surface area contributed by atoms with Gasteiger partial charge >= 0.3 is 0 Å². The minimum Gasteiger partial charge on any atom is -0.143 e. The van der Waals surface area contributed by atoms with Crippen LogP contribution in [0.25, 0.3) is 42.4 Å². The largest absolute Gasteiger partial charge is 0.143 e. The fourth-order valence-electron chi connectivity index (χ4n) is 3.59. The molecule has 0 amide bonds. The third kappa shape index (κ3) is 1.83. The van der Waals surface area contributed by atoms with Gasteiger partial charge in [-0.2, -0.15) is 0 Å². The van der Waals surface area contributed by atoms with Crippen molar-refractivity contribution in [3.8, 4) is 0 Å². The average molecular weight is 312 g/mol. The van der Waals surface area contributed by atoms with Gasteiger partial charge in [-0.15, -0.1) is 11.3 Å². The maximum atomic E-state index is 2.36. The number of aryl methyl sites for hydroxylation is 2. The average Bonchev–Trinajstić information content (AvgIpc) is 3.03. The molecule has 0 nitrogen and oxygen atoms in total. The summed E-state index contributed by atoms with van der Waals surface area (Å²) in [6.45, 7) is 4.38. The third-order valence-electron chi connectivity index (χ3n) is 5.00. The summed E-state index contributed by atoms with van der Waals surface area (Å²) in [5.41, 5.74) is 2.72. The molecule has 0 spiro atoms. The van der Waals surface area contributed by atoms with E-state index in [1.807, 2.05) is 11.3 Å². The lowest BCUT2D eigenvalue weighted by atomic mass is 9.95. The number of fused-ring (bicyclic) bond motifs is 6. The zero-order valence-corrected chi connectivity index (χ0v) is 14.0. The minimum atomic E-state index is 1.32. The molecule has 0 N–H and O–H groups in total. The molecular formula is C22H16S. The van der Waals surface area contributed by atoms with Crippen LogP contribution in [0.3, 0.4) is 0 Å². The fourth-order valence-corrected chi connectivity index (χ4v) is 4.52. The molecule has 0 radical (unpaired) electrons. The minimum absolute atomic E-state index is 1.32. The molecule has 5 aromatic rings. The molecule has 0 saturated carbocycles. The summed E-state index contributed by atoms with van der Waals surface area (Å²) in [5, 5.41) is 11.6. The number of benzene rings is 4. The predicted molar refractivity (Wildman–Crippen MR) is 104 cm³/mol. The van der Waals surface area contributed by atoms with Gasteiger partial charge in [0, 0.05) is 10.1 Å². The van der Waals surface area contributed by atoms with E-state index >= 15 is 0 Å². The van der Waals surface area contributed by atoms with Crippen LogP contribution in [-0.2, 0) is 0 Å². The van der Waals surface area contributed by atoms with E-state index in [2.05, 4.69) is 73.8 Å². The first-order chi connectivity index (χ1) is 11.2. The Bertz CT molecular complexity index is 1220. The van der Waals surface area contributed by atoms with Crippen molar-refractivity contribution in [2.45, 2.75) is 13.8 Å². The lowest BCUT2D eigenvalue weighted by Crippen LogP contribution is -1.84. The Labute approximate surface area is 139 Å². The standard InChI is InChI=1S/C22H16S/c1-13-9-17-11-16-4-6-20-19(5-3-15-7-8-23-22(15)20)21(16)12-18(17)10-14(13)2/h3-12H,1-2H3. The molecule has 0 atom stereocenters. The second kappa shape index (κ2) is 4.56. The molecule has 5 rings (SSSR count). The van der Waals surface area contributed by atoms with Gasteiger partial charge in [0.2, 0.25) is 0 Å². The first-order valence-corrected chi connectivity index (χ1v) is 8.82. The van der Waals surface area contributed by atoms with Crippen molar-refractivity contribution in [2.75, 3.05) is 0 Å². The predicted octanol–water partition coefficient (Wildman–Crippen LogP) is 6.98. The highest BCUT2D eigenvalue weighted by atomic mass is 32.1. The van der Waals surface area contributed by atoms with Crippen LogP contribution in [-0.4, -0.2) is 0 Å². The van der Waals surface area contributed by atoms with Crippen molar-refractivity contribution in [3.63, 3.8) is 0 Å². The van der Waals surface area contributed by atoms with Crippen LogP contribution in [0.1, 0.15) is 11.1 Å². The fraction of sp³-hybridized carbons (Fsp3) is 0.0909. The van der Waals surface area contributed by atoms with Crippen LogP contribution in [0.5, 0.6) is 0 Å². The maximum Gasteiger partial charge on any atom is 0.0421 e. The first kappa shape index (κ1) is 13.1. The Hall–Kier alpha value is -2.38. The van der Waals surface area contributed by atoms with Crippen LogP contribution >= 0.6 is 11.3 Å². The van der Waals surface area contributed by atoms with Gasteiger partial charge in [-0.3, -0.25) is 0 Å². The van der Waals surface area contributed by atoms with E-state index in [-0.39, 0.29) is 0 Å². The Morgan fingerprint density at radius 3 is 2.09 bits per heavy atom. The van der Waals surface area contributed by atoms with Crippen molar-refractivity contribution < 1.29 is 0 Å². The van der Waals surface area contributed by atoms with E-state index < -0.39 is 0 Å². The smallest absolute Gasteiger partial charge is 0.0421 e. The molecule has 0 aliphatic heterocycles. The molecule has 0 unspecified atom stereocenters. The molecule has 0 aliphatic rings. The van der Waals surface area contributed by atoms with Crippen LogP contribution in [0, 0.1) is 13.8 Å². The highest BCUT2D eigenvalue weighted by Gasteiger charge is 2.07. The number of thiophene rings is 1. The zero-order chi connectivity index (χ0) is 15.6. The van der Waals surface area contributed by atoms with E-state index in [9.17, 15) is 0 Å². The number of hydrogen-bond donors (Lipinski definition) is 0. The summed E-state index contributed by atoms with van der Waals surface area (Å²) in [5.74, 6) is 0. The van der Waals surface area contributed by atoms with Crippen molar-refractivity contribution >= 4 is 53.7 Å². The van der Waals surface area contributed by atoms with Crippen molar-refractivity contribution in [1.82, 2.24) is 0 Å². The molecule has 1 heterocycles. The van der Waals surface area contributed by atoms with Crippen molar-refractivity contribution in [1.29, 1.82) is 0 Å². The van der Waals surface area contributed by atoms with Gasteiger partial charge in [0.05, 0.1) is 0 Å². The van der Waals surface area contributed by atoms with Gasteiger partial charge in [-0.25, -0.2) is 0 Å². The van der Waals surface area contributed by atoms with E-state index in [0.29, 0.717) is 0 Å². The molecule has 0 fully saturated rings. The summed E-state index contributed by atoms with van der Waals surface area (Å²) in [6.07, 6.45) is 0. The molecule has 1 aromatic heterocycles. The van der Waals surface area contributed by atoms with E-state index in [4.69, 9.17) is 0 Å². The van der Waals surface area contributed by atoms with Gasteiger partial charge in [0.1, 0.15) is 0 Å². The third-order valence-corrected chi connectivity index (χ3v) is 5.96. The summed E-state index contributed by atoms with van der Waals surface area (Å²) in [4.78, 5) is 0. The van der Waals surface area contributed by atoms with Gasteiger partial charge in [0.25, 0.3) is 0 Å². The molecule has 23 heavy (non-hydrogen) atoms. The monoisotopic (exact) mass is 312 g/mol. The molecule has 110 valence electrons.